The summed E-state index contributed by atoms with van der Waals surface area (Å²) >= 11 is 9.82. The largest absolute Gasteiger partial charge is 0.462 e. The van der Waals surface area contributed by atoms with E-state index in [1.165, 1.54) is 0 Å². The number of aliphatic hydroxyl groups is 2. The summed E-state index contributed by atoms with van der Waals surface area (Å²) in [6.45, 7) is 1.52. The number of nitrogens with zero attached hydrogens (tertiary/aromatic N) is 1. The normalized spacial score (nSPS) is 14.0. The average Bonchev–Trinajstić information content (AvgIpc) is 2.92. The fraction of sp³-hybridized carbons (Fsp3) is 0.933. The van der Waals surface area contributed by atoms with E-state index in [2.05, 4.69) is 33.4 Å². The van der Waals surface area contributed by atoms with E-state index >= 15 is 0 Å². The molecule has 0 aliphatic rings. The van der Waals surface area contributed by atoms with Crippen LogP contribution < -0.4 is 0 Å². The molecule has 0 saturated carbocycles. The van der Waals surface area contributed by atoms with Crippen molar-refractivity contribution >= 4 is 41.7 Å². The van der Waals surface area contributed by atoms with Crippen molar-refractivity contribution in [1.82, 2.24) is 0 Å². The molecule has 12 heteroatoms. The van der Waals surface area contributed by atoms with Crippen LogP contribution in [0, 0.1) is 0 Å². The van der Waals surface area contributed by atoms with Crippen LogP contribution in [-0.4, -0.2) is 93.5 Å². The zero-order chi connectivity index (χ0) is 31.5. The van der Waals surface area contributed by atoms with Crippen LogP contribution in [0.1, 0.15) is 116 Å². The molecule has 0 rings (SSSR count). The molecule has 2 N–H and O–H groups in total. The van der Waals surface area contributed by atoms with Gasteiger partial charge in [0.2, 0.25) is 5.69 Å². The summed E-state index contributed by atoms with van der Waals surface area (Å²) in [6, 6.07) is 0. The first-order valence-electron chi connectivity index (χ1n) is 16.0. The Hall–Kier alpha value is -0.260. The van der Waals surface area contributed by atoms with Gasteiger partial charge in [-0.15, -0.1) is 0 Å². The van der Waals surface area contributed by atoms with Gasteiger partial charge in [0.1, 0.15) is 19.8 Å². The van der Waals surface area contributed by atoms with Gasteiger partial charge in [0.15, 0.2) is 6.10 Å². The molecule has 0 aromatic heterocycles. The van der Waals surface area contributed by atoms with E-state index in [1.54, 1.807) is 0 Å². The third-order valence-corrected chi connectivity index (χ3v) is 9.06. The molecule has 0 spiro atoms. The van der Waals surface area contributed by atoms with Crippen LogP contribution >= 0.6 is 17.9 Å². The van der Waals surface area contributed by atoms with Crippen molar-refractivity contribution in [3.05, 3.63) is 0 Å². The number of unbranched alkanes of at least 4 members (excludes halogenated alkanes) is 14. The topological polar surface area (TPSA) is 112 Å². The minimum atomic E-state index is -2.85. The number of thiol groups is 1. The van der Waals surface area contributed by atoms with Crippen LogP contribution in [0.2, 0.25) is 0 Å². The highest BCUT2D eigenvalue weighted by Crippen LogP contribution is 2.53. The highest BCUT2D eigenvalue weighted by molar-refractivity contribution is 8.60. The molecule has 0 amide bonds. The summed E-state index contributed by atoms with van der Waals surface area (Å²) in [5, 5.41) is 17.7. The lowest BCUT2D eigenvalue weighted by Gasteiger charge is -2.26. The molecule has 9 nitrogen and oxygen atoms in total. The monoisotopic (exact) mass is 658 g/mol. The highest BCUT2D eigenvalue weighted by Gasteiger charge is 2.23. The van der Waals surface area contributed by atoms with E-state index in [9.17, 15) is 9.59 Å². The van der Waals surface area contributed by atoms with Crippen LogP contribution in [0.3, 0.4) is 0 Å². The smallest absolute Gasteiger partial charge is 0.306 e. The maximum absolute atomic E-state index is 12.5. The standard InChI is InChI=1S/C30H60NO8PS2/c1-31(2,3)22-25-37-40(41,42)38-27-28(39-30(35)21-17-13-9-5-7-11-15-19-24-33)26-36-29(34)20-16-12-8-4-6-10-14-18-23-32/h28,32-33H,4-27H2,1-3H3/p+1. The lowest BCUT2D eigenvalue weighted by atomic mass is 10.1. The second-order valence-electron chi connectivity index (χ2n) is 12.0. The van der Waals surface area contributed by atoms with Crippen molar-refractivity contribution in [2.75, 3.05) is 60.7 Å². The van der Waals surface area contributed by atoms with E-state index < -0.39 is 11.8 Å². The first-order valence-corrected chi connectivity index (χ1v) is 19.8. The molecular formula is C30H61NO8PS2+. The molecule has 42 heavy (non-hydrogen) atoms. The Morgan fingerprint density at radius 1 is 0.690 bits per heavy atom. The van der Waals surface area contributed by atoms with Crippen LogP contribution in [0.4, 0.5) is 0 Å². The predicted molar refractivity (Wildman–Crippen MR) is 176 cm³/mol. The zero-order valence-corrected chi connectivity index (χ0v) is 29.2. The minimum Gasteiger partial charge on any atom is -0.462 e. The Morgan fingerprint density at radius 3 is 1.57 bits per heavy atom. The van der Waals surface area contributed by atoms with E-state index in [4.69, 9.17) is 40.5 Å². The molecule has 0 aliphatic heterocycles. The van der Waals surface area contributed by atoms with Gasteiger partial charge in [-0.3, -0.25) is 9.59 Å². The molecule has 0 radical (unpaired) electrons. The predicted octanol–water partition coefficient (Wildman–Crippen LogP) is 6.34. The SMILES string of the molecule is C[N+](C)(C)CCOP(=S)(S)OCC(COC(=O)CCCCCCCCCCO)OC(=O)CCCCCCCCCCO. The summed E-state index contributed by atoms with van der Waals surface area (Å²) in [5.41, 5.74) is -2.85. The Morgan fingerprint density at radius 2 is 1.12 bits per heavy atom. The van der Waals surface area contributed by atoms with Crippen molar-refractivity contribution in [2.24, 2.45) is 0 Å². The average molecular weight is 659 g/mol. The molecule has 2 atom stereocenters. The molecule has 0 bridgehead atoms. The Kier molecular flexibility index (Phi) is 26.9. The second kappa shape index (κ2) is 27.1. The molecule has 2 unspecified atom stereocenters. The van der Waals surface area contributed by atoms with Crippen LogP contribution in [0.25, 0.3) is 0 Å². The van der Waals surface area contributed by atoms with E-state index in [-0.39, 0.29) is 38.4 Å². The van der Waals surface area contributed by atoms with Crippen molar-refractivity contribution in [3.63, 3.8) is 0 Å². The summed E-state index contributed by atoms with van der Waals surface area (Å²) in [7, 11) is 6.16. The number of hydrogen-bond donors (Lipinski definition) is 3. The van der Waals surface area contributed by atoms with Gasteiger partial charge in [0.25, 0.3) is 0 Å². The van der Waals surface area contributed by atoms with Gasteiger partial charge in [-0.1, -0.05) is 89.3 Å². The molecule has 250 valence electrons. The summed E-state index contributed by atoms with van der Waals surface area (Å²) in [5.74, 6) is -0.664. The number of ether oxygens (including phenoxy) is 2. The molecule has 0 aliphatic carbocycles. The number of esters is 2. The molecule has 0 aromatic carbocycles. The Bertz CT molecular complexity index is 724. The van der Waals surface area contributed by atoms with Gasteiger partial charge in [0.05, 0.1) is 27.7 Å². The van der Waals surface area contributed by atoms with Gasteiger partial charge >= 0.3 is 11.9 Å². The Balaban J connectivity index is 4.51. The zero-order valence-electron chi connectivity index (χ0n) is 26.6. The number of carbonyl (C=O) groups excluding carboxylic acids is 2. The number of carbonyl (C=O) groups is 2. The molecule has 0 aromatic rings. The molecule has 0 heterocycles. The summed E-state index contributed by atoms with van der Waals surface area (Å²) in [4.78, 5) is 24.9. The lowest BCUT2D eigenvalue weighted by Crippen LogP contribution is -2.37. The second-order valence-corrected chi connectivity index (χ2v) is 17.3. The first-order chi connectivity index (χ1) is 20.0. The van der Waals surface area contributed by atoms with Gasteiger partial charge in [-0.05, 0) is 37.5 Å². The van der Waals surface area contributed by atoms with Gasteiger partial charge in [0, 0.05) is 26.1 Å². The third-order valence-electron chi connectivity index (χ3n) is 6.75. The number of aliphatic hydroxyl groups excluding tert-OH is 2. The van der Waals surface area contributed by atoms with Crippen molar-refractivity contribution in [1.29, 1.82) is 0 Å². The number of likely N-dealkylation sites (N-methyl/N-ethyl adjacent to an activating group) is 1. The van der Waals surface area contributed by atoms with Crippen LogP contribution in [0.15, 0.2) is 0 Å². The van der Waals surface area contributed by atoms with Gasteiger partial charge < -0.3 is 33.2 Å². The Labute approximate surface area is 266 Å². The van der Waals surface area contributed by atoms with Crippen LogP contribution in [-0.2, 0) is 39.9 Å². The first kappa shape index (κ1) is 41.7. The van der Waals surface area contributed by atoms with Gasteiger partial charge in [-0.25, -0.2) is 0 Å². The van der Waals surface area contributed by atoms with E-state index in [0.717, 1.165) is 109 Å². The van der Waals surface area contributed by atoms with Crippen molar-refractivity contribution in [2.45, 2.75) is 122 Å². The van der Waals surface area contributed by atoms with Gasteiger partial charge in [-0.2, -0.15) is 0 Å². The molecule has 0 saturated heterocycles. The number of hydrogen-bond acceptors (Lipinski definition) is 9. The van der Waals surface area contributed by atoms with Crippen LogP contribution in [0.5, 0.6) is 0 Å². The van der Waals surface area contributed by atoms with Crippen molar-refractivity contribution < 1.29 is 42.8 Å². The quantitative estimate of drug-likeness (QED) is 0.0268. The maximum Gasteiger partial charge on any atom is 0.306 e. The lowest BCUT2D eigenvalue weighted by molar-refractivity contribution is -0.870. The van der Waals surface area contributed by atoms with Crippen molar-refractivity contribution in [3.8, 4) is 0 Å². The fourth-order valence-corrected chi connectivity index (χ4v) is 5.74. The number of rotatable bonds is 30. The summed E-state index contributed by atoms with van der Waals surface area (Å²) in [6.07, 6.45) is 16.1. The minimum absolute atomic E-state index is 0.0473. The van der Waals surface area contributed by atoms with E-state index in [1.807, 2.05) is 0 Å². The molecule has 0 fully saturated rings. The van der Waals surface area contributed by atoms with E-state index in [0.29, 0.717) is 23.9 Å². The highest BCUT2D eigenvalue weighted by atomic mass is 32.9. The summed E-state index contributed by atoms with van der Waals surface area (Å²) < 4.78 is 23.3. The number of quaternary nitrogens is 1. The molecular weight excluding hydrogens is 597 g/mol. The third kappa shape index (κ3) is 29.8. The maximum atomic E-state index is 12.5. The fourth-order valence-electron chi connectivity index (χ4n) is 4.15.